The molecule has 0 amide bonds. The minimum Gasteiger partial charge on any atom is -0.488 e. The van der Waals surface area contributed by atoms with Crippen molar-refractivity contribution in [3.05, 3.63) is 30.6 Å². The molecule has 2 N–H and O–H groups in total. The van der Waals surface area contributed by atoms with Crippen LogP contribution in [0.5, 0.6) is 5.75 Å². The van der Waals surface area contributed by atoms with Gasteiger partial charge in [0.1, 0.15) is 12.4 Å². The lowest BCUT2D eigenvalue weighted by Crippen LogP contribution is -1.95. The number of rotatable bonds is 3. The van der Waals surface area contributed by atoms with Crippen LogP contribution in [0.3, 0.4) is 0 Å². The van der Waals surface area contributed by atoms with Crippen molar-refractivity contribution in [2.75, 3.05) is 12.3 Å². The van der Waals surface area contributed by atoms with Crippen LogP contribution in [0.2, 0.25) is 0 Å². The molecule has 0 aromatic carbocycles. The Morgan fingerprint density at radius 2 is 2.42 bits per heavy atom. The second-order valence-electron chi connectivity index (χ2n) is 2.33. The molecular formula is C9H12N2O. The number of nitrogen functional groups attached to an aromatic ring is 1. The Bertz CT molecular complexity index is 271. The molecule has 0 saturated carbocycles. The lowest BCUT2D eigenvalue weighted by Gasteiger charge is -2.01. The zero-order chi connectivity index (χ0) is 8.81. The molecule has 0 unspecified atom stereocenters. The van der Waals surface area contributed by atoms with Gasteiger partial charge in [0.2, 0.25) is 0 Å². The Hall–Kier alpha value is -1.51. The van der Waals surface area contributed by atoms with Gasteiger partial charge < -0.3 is 10.5 Å². The van der Waals surface area contributed by atoms with Crippen molar-refractivity contribution in [1.82, 2.24) is 4.98 Å². The van der Waals surface area contributed by atoms with E-state index >= 15 is 0 Å². The molecule has 1 aromatic heterocycles. The average molecular weight is 164 g/mol. The van der Waals surface area contributed by atoms with Crippen LogP contribution in [-0.2, 0) is 0 Å². The minimum atomic E-state index is 0.557. The van der Waals surface area contributed by atoms with Crippen LogP contribution < -0.4 is 10.5 Å². The molecule has 1 heterocycles. The first-order chi connectivity index (χ1) is 5.83. The first kappa shape index (κ1) is 8.59. The fraction of sp³-hybridized carbons (Fsp3) is 0.222. The third-order valence-corrected chi connectivity index (χ3v) is 1.32. The highest BCUT2D eigenvalue weighted by Gasteiger charge is 1.91. The van der Waals surface area contributed by atoms with Crippen molar-refractivity contribution in [3.8, 4) is 5.75 Å². The summed E-state index contributed by atoms with van der Waals surface area (Å²) in [7, 11) is 0. The van der Waals surface area contributed by atoms with E-state index in [-0.39, 0.29) is 0 Å². The topological polar surface area (TPSA) is 48.1 Å². The smallest absolute Gasteiger partial charge is 0.140 e. The van der Waals surface area contributed by atoms with Crippen LogP contribution in [-0.4, -0.2) is 11.6 Å². The highest BCUT2D eigenvalue weighted by molar-refractivity contribution is 5.39. The van der Waals surface area contributed by atoms with Crippen molar-refractivity contribution >= 4 is 5.69 Å². The van der Waals surface area contributed by atoms with E-state index < -0.39 is 0 Å². The molecule has 0 saturated heterocycles. The minimum absolute atomic E-state index is 0.557. The molecule has 0 spiro atoms. The monoisotopic (exact) mass is 164 g/mol. The highest BCUT2D eigenvalue weighted by atomic mass is 16.5. The summed E-state index contributed by atoms with van der Waals surface area (Å²) in [4.78, 5) is 3.89. The van der Waals surface area contributed by atoms with Gasteiger partial charge in [0.15, 0.2) is 0 Å². The standard InChI is InChI=1S/C9H12N2O/c1-2-3-4-12-9-5-8(10)6-11-7-9/h2-3,5-7H,4,10H2,1H3/b3-2+. The van der Waals surface area contributed by atoms with E-state index in [0.717, 1.165) is 0 Å². The van der Waals surface area contributed by atoms with Crippen LogP contribution in [0.15, 0.2) is 30.6 Å². The van der Waals surface area contributed by atoms with E-state index in [0.29, 0.717) is 18.0 Å². The van der Waals surface area contributed by atoms with Gasteiger partial charge in [-0.05, 0) is 6.92 Å². The van der Waals surface area contributed by atoms with Crippen molar-refractivity contribution in [1.29, 1.82) is 0 Å². The molecule has 0 aliphatic carbocycles. The van der Waals surface area contributed by atoms with Gasteiger partial charge in [-0.1, -0.05) is 12.2 Å². The number of ether oxygens (including phenoxy) is 1. The molecule has 1 aromatic rings. The van der Waals surface area contributed by atoms with Gasteiger partial charge >= 0.3 is 0 Å². The Kier molecular flexibility index (Phi) is 3.14. The molecule has 0 radical (unpaired) electrons. The quantitative estimate of drug-likeness (QED) is 0.690. The number of hydrogen-bond acceptors (Lipinski definition) is 3. The van der Waals surface area contributed by atoms with E-state index in [9.17, 15) is 0 Å². The van der Waals surface area contributed by atoms with Gasteiger partial charge in [-0.15, -0.1) is 0 Å². The van der Waals surface area contributed by atoms with Crippen LogP contribution in [0.1, 0.15) is 6.92 Å². The fourth-order valence-electron chi connectivity index (χ4n) is 0.755. The molecule has 0 fully saturated rings. The maximum Gasteiger partial charge on any atom is 0.140 e. The van der Waals surface area contributed by atoms with Crippen molar-refractivity contribution in [3.63, 3.8) is 0 Å². The maximum atomic E-state index is 5.50. The Morgan fingerprint density at radius 1 is 1.58 bits per heavy atom. The van der Waals surface area contributed by atoms with E-state index in [1.807, 2.05) is 19.1 Å². The number of nitrogens with two attached hydrogens (primary N) is 1. The van der Waals surface area contributed by atoms with Gasteiger partial charge in [0.25, 0.3) is 0 Å². The van der Waals surface area contributed by atoms with Gasteiger partial charge in [0.05, 0.1) is 18.1 Å². The maximum absolute atomic E-state index is 5.50. The summed E-state index contributed by atoms with van der Waals surface area (Å²) >= 11 is 0. The predicted molar refractivity (Wildman–Crippen MR) is 49.0 cm³/mol. The highest BCUT2D eigenvalue weighted by Crippen LogP contribution is 2.11. The molecule has 3 heteroatoms. The number of aromatic nitrogens is 1. The van der Waals surface area contributed by atoms with Gasteiger partial charge in [-0.3, -0.25) is 4.98 Å². The lowest BCUT2D eigenvalue weighted by molar-refractivity contribution is 0.361. The number of anilines is 1. The summed E-state index contributed by atoms with van der Waals surface area (Å²) < 4.78 is 5.30. The summed E-state index contributed by atoms with van der Waals surface area (Å²) in [6.45, 7) is 2.50. The molecule has 3 nitrogen and oxygen atoms in total. The SMILES string of the molecule is C/C=C/COc1cncc(N)c1. The van der Waals surface area contributed by atoms with Crippen LogP contribution in [0.25, 0.3) is 0 Å². The normalized spacial score (nSPS) is 10.4. The van der Waals surface area contributed by atoms with Gasteiger partial charge in [-0.2, -0.15) is 0 Å². The van der Waals surface area contributed by atoms with Gasteiger partial charge in [0, 0.05) is 6.07 Å². The predicted octanol–water partition coefficient (Wildman–Crippen LogP) is 1.62. The molecule has 0 aliphatic heterocycles. The van der Waals surface area contributed by atoms with E-state index in [4.69, 9.17) is 10.5 Å². The Labute approximate surface area is 71.9 Å². The number of nitrogens with zero attached hydrogens (tertiary/aromatic N) is 1. The third-order valence-electron chi connectivity index (χ3n) is 1.32. The zero-order valence-electron chi connectivity index (χ0n) is 7.03. The number of hydrogen-bond donors (Lipinski definition) is 1. The summed E-state index contributed by atoms with van der Waals surface area (Å²) in [5.74, 6) is 0.702. The van der Waals surface area contributed by atoms with Crippen LogP contribution >= 0.6 is 0 Å². The summed E-state index contributed by atoms with van der Waals surface area (Å²) in [6.07, 6.45) is 7.07. The van der Waals surface area contributed by atoms with Crippen molar-refractivity contribution < 1.29 is 4.74 Å². The van der Waals surface area contributed by atoms with E-state index in [1.54, 1.807) is 18.5 Å². The number of pyridine rings is 1. The second kappa shape index (κ2) is 4.38. The summed E-state index contributed by atoms with van der Waals surface area (Å²) in [5, 5.41) is 0. The second-order valence-corrected chi connectivity index (χ2v) is 2.33. The Balaban J connectivity index is 2.52. The fourth-order valence-corrected chi connectivity index (χ4v) is 0.755. The van der Waals surface area contributed by atoms with Crippen molar-refractivity contribution in [2.24, 2.45) is 0 Å². The molecular weight excluding hydrogens is 152 g/mol. The van der Waals surface area contributed by atoms with Crippen molar-refractivity contribution in [2.45, 2.75) is 6.92 Å². The lowest BCUT2D eigenvalue weighted by atomic mass is 10.4. The van der Waals surface area contributed by atoms with E-state index in [1.165, 1.54) is 0 Å². The third kappa shape index (κ3) is 2.62. The Morgan fingerprint density at radius 3 is 3.08 bits per heavy atom. The first-order valence-electron chi connectivity index (χ1n) is 3.77. The molecule has 0 aliphatic rings. The molecule has 64 valence electrons. The average Bonchev–Trinajstić information content (AvgIpc) is 2.05. The molecule has 12 heavy (non-hydrogen) atoms. The first-order valence-corrected chi connectivity index (χ1v) is 3.77. The molecule has 0 bridgehead atoms. The summed E-state index contributed by atoms with van der Waals surface area (Å²) in [6, 6.07) is 1.75. The van der Waals surface area contributed by atoms with E-state index in [2.05, 4.69) is 4.98 Å². The van der Waals surface area contributed by atoms with Crippen LogP contribution in [0, 0.1) is 0 Å². The van der Waals surface area contributed by atoms with Gasteiger partial charge in [-0.25, -0.2) is 0 Å². The van der Waals surface area contributed by atoms with Crippen LogP contribution in [0.4, 0.5) is 5.69 Å². The summed E-state index contributed by atoms with van der Waals surface area (Å²) in [5.41, 5.74) is 6.12. The largest absolute Gasteiger partial charge is 0.488 e. The number of allylic oxidation sites excluding steroid dienone is 1. The zero-order valence-corrected chi connectivity index (χ0v) is 7.03. The molecule has 1 rings (SSSR count). The molecule has 0 atom stereocenters.